The number of aryl methyl sites for hydroxylation is 1. The van der Waals surface area contributed by atoms with E-state index in [0.717, 1.165) is 45.9 Å². The lowest BCUT2D eigenvalue weighted by molar-refractivity contribution is -0.274. The number of rotatable bonds is 8. The number of halogens is 6. The van der Waals surface area contributed by atoms with Gasteiger partial charge in [0.05, 0.1) is 13.7 Å². The lowest BCUT2D eigenvalue weighted by Gasteiger charge is -2.20. The standard InChI is InChI=1S/C26H21F6N3O5/c1-39-16-11-18(28)21(19(29)12-16)17-13-35(20-3-2-9-34(10-8-27)24(20)37)25(38)22(17)33-23(36)14-4-6-15(7-5-14)40-26(30,31)32/h2-7,9,11-12,17,22H,8,10,13H2,1H3,(H,33,36)/t17-,22-/m0/s1. The molecule has 3 aromatic rings. The van der Waals surface area contributed by atoms with Crippen molar-refractivity contribution in [3.63, 3.8) is 0 Å². The van der Waals surface area contributed by atoms with Gasteiger partial charge >= 0.3 is 6.36 Å². The van der Waals surface area contributed by atoms with E-state index in [-0.39, 0.29) is 23.5 Å². The number of carbonyl (C=O) groups excluding carboxylic acids is 2. The minimum absolute atomic E-state index is 0.140. The molecule has 14 heteroatoms. The smallest absolute Gasteiger partial charge is 0.497 e. The summed E-state index contributed by atoms with van der Waals surface area (Å²) in [5.74, 6) is -6.06. The fourth-order valence-electron chi connectivity index (χ4n) is 4.43. The molecule has 4 rings (SSSR count). The molecule has 2 aromatic carbocycles. The van der Waals surface area contributed by atoms with Crippen LogP contribution in [-0.4, -0.2) is 49.1 Å². The predicted octanol–water partition coefficient (Wildman–Crippen LogP) is 3.93. The van der Waals surface area contributed by atoms with Gasteiger partial charge in [-0.2, -0.15) is 0 Å². The molecule has 0 radical (unpaired) electrons. The molecule has 212 valence electrons. The highest BCUT2D eigenvalue weighted by atomic mass is 19.4. The maximum absolute atomic E-state index is 15.1. The molecular weight excluding hydrogens is 548 g/mol. The first kappa shape index (κ1) is 28.5. The van der Waals surface area contributed by atoms with Crippen LogP contribution in [0.2, 0.25) is 0 Å². The highest BCUT2D eigenvalue weighted by Crippen LogP contribution is 2.36. The molecule has 0 spiro atoms. The molecule has 8 nitrogen and oxygen atoms in total. The Hall–Kier alpha value is -4.49. The van der Waals surface area contributed by atoms with E-state index in [1.807, 2.05) is 0 Å². The maximum atomic E-state index is 15.1. The van der Waals surface area contributed by atoms with Crippen LogP contribution in [0, 0.1) is 11.6 Å². The molecule has 1 aromatic heterocycles. The lowest BCUT2D eigenvalue weighted by atomic mass is 9.92. The third kappa shape index (κ3) is 5.90. The van der Waals surface area contributed by atoms with Gasteiger partial charge in [0.25, 0.3) is 11.5 Å². The summed E-state index contributed by atoms with van der Waals surface area (Å²) in [6, 6.07) is 6.61. The summed E-state index contributed by atoms with van der Waals surface area (Å²) in [7, 11) is 1.20. The molecule has 1 aliphatic heterocycles. The van der Waals surface area contributed by atoms with Crippen LogP contribution in [0.3, 0.4) is 0 Å². The van der Waals surface area contributed by atoms with Gasteiger partial charge in [-0.25, -0.2) is 13.2 Å². The maximum Gasteiger partial charge on any atom is 0.573 e. The van der Waals surface area contributed by atoms with E-state index in [0.29, 0.717) is 0 Å². The van der Waals surface area contributed by atoms with Crippen LogP contribution in [0.25, 0.3) is 0 Å². The average molecular weight is 569 g/mol. The molecule has 0 bridgehead atoms. The van der Waals surface area contributed by atoms with Crippen molar-refractivity contribution in [3.8, 4) is 11.5 Å². The predicted molar refractivity (Wildman–Crippen MR) is 129 cm³/mol. The van der Waals surface area contributed by atoms with Gasteiger partial charge in [0.2, 0.25) is 5.91 Å². The number of anilines is 1. The van der Waals surface area contributed by atoms with Crippen molar-refractivity contribution in [3.05, 3.63) is 87.8 Å². The van der Waals surface area contributed by atoms with Crippen LogP contribution >= 0.6 is 0 Å². The number of benzene rings is 2. The number of pyridine rings is 1. The topological polar surface area (TPSA) is 89.9 Å². The van der Waals surface area contributed by atoms with Gasteiger partial charge in [0.15, 0.2) is 0 Å². The number of amides is 2. The minimum atomic E-state index is -4.95. The number of hydrogen-bond acceptors (Lipinski definition) is 5. The Morgan fingerprint density at radius 3 is 2.27 bits per heavy atom. The van der Waals surface area contributed by atoms with Gasteiger partial charge in [-0.1, -0.05) is 0 Å². The Labute approximate surface area is 222 Å². The van der Waals surface area contributed by atoms with Crippen molar-refractivity contribution < 1.29 is 45.4 Å². The van der Waals surface area contributed by atoms with Gasteiger partial charge in [-0.15, -0.1) is 13.2 Å². The molecule has 1 fully saturated rings. The van der Waals surface area contributed by atoms with Crippen molar-refractivity contribution >= 4 is 17.5 Å². The van der Waals surface area contributed by atoms with E-state index in [2.05, 4.69) is 10.1 Å². The van der Waals surface area contributed by atoms with Crippen LogP contribution in [0.15, 0.2) is 59.5 Å². The zero-order valence-electron chi connectivity index (χ0n) is 20.7. The van der Waals surface area contributed by atoms with Crippen LogP contribution in [0.1, 0.15) is 21.8 Å². The molecule has 1 saturated heterocycles. The Morgan fingerprint density at radius 1 is 1.05 bits per heavy atom. The molecular formula is C26H21F6N3O5. The Bertz CT molecular complexity index is 1450. The third-order valence-electron chi connectivity index (χ3n) is 6.23. The average Bonchev–Trinajstić information content (AvgIpc) is 3.19. The van der Waals surface area contributed by atoms with Crippen molar-refractivity contribution in [1.29, 1.82) is 0 Å². The van der Waals surface area contributed by atoms with E-state index in [1.165, 1.54) is 25.4 Å². The summed E-state index contributed by atoms with van der Waals surface area (Å²) in [5.41, 5.74) is -1.68. The first-order chi connectivity index (χ1) is 18.9. The van der Waals surface area contributed by atoms with E-state index in [9.17, 15) is 31.9 Å². The molecule has 0 aliphatic carbocycles. The summed E-state index contributed by atoms with van der Waals surface area (Å²) in [6.45, 7) is -1.60. The number of nitrogens with zero attached hydrogens (tertiary/aromatic N) is 2. The third-order valence-corrected chi connectivity index (χ3v) is 6.23. The zero-order valence-corrected chi connectivity index (χ0v) is 20.7. The van der Waals surface area contributed by atoms with Crippen molar-refractivity contribution in [2.75, 3.05) is 25.2 Å². The van der Waals surface area contributed by atoms with E-state index < -0.39 is 71.9 Å². The van der Waals surface area contributed by atoms with Gasteiger partial charge in [0.1, 0.15) is 41.5 Å². The molecule has 2 amide bonds. The lowest BCUT2D eigenvalue weighted by Crippen LogP contribution is -2.44. The zero-order chi connectivity index (χ0) is 29.2. The fourth-order valence-corrected chi connectivity index (χ4v) is 4.43. The van der Waals surface area contributed by atoms with E-state index in [1.54, 1.807) is 0 Å². The molecule has 0 unspecified atom stereocenters. The summed E-state index contributed by atoms with van der Waals surface area (Å²) in [4.78, 5) is 40.3. The summed E-state index contributed by atoms with van der Waals surface area (Å²) in [5, 5.41) is 2.38. The SMILES string of the molecule is COc1cc(F)c([C@@H]2CN(c3cccn(CCF)c3=O)C(=O)[C@H]2NC(=O)c2ccc(OC(F)(F)F)cc2)c(F)c1. The number of hydrogen-bond donors (Lipinski definition) is 1. The summed E-state index contributed by atoms with van der Waals surface area (Å²) < 4.78 is 90.1. The van der Waals surface area contributed by atoms with Crippen LogP contribution in [0.5, 0.6) is 11.5 Å². The minimum Gasteiger partial charge on any atom is -0.497 e. The van der Waals surface area contributed by atoms with Gasteiger partial charge in [0, 0.05) is 41.9 Å². The van der Waals surface area contributed by atoms with Gasteiger partial charge in [-0.05, 0) is 36.4 Å². The van der Waals surface area contributed by atoms with Crippen molar-refractivity contribution in [2.45, 2.75) is 24.9 Å². The second-order valence-corrected chi connectivity index (χ2v) is 8.66. The first-order valence-corrected chi connectivity index (χ1v) is 11.7. The second kappa shape index (κ2) is 11.3. The normalized spacial score (nSPS) is 17.2. The molecule has 1 aliphatic rings. The van der Waals surface area contributed by atoms with Gasteiger partial charge < -0.3 is 24.3 Å². The summed E-state index contributed by atoms with van der Waals surface area (Å²) in [6.07, 6.45) is -3.65. The fraction of sp³-hybridized carbons (Fsp3) is 0.269. The Balaban J connectivity index is 1.71. The molecule has 0 saturated carbocycles. The largest absolute Gasteiger partial charge is 0.573 e. The second-order valence-electron chi connectivity index (χ2n) is 8.66. The van der Waals surface area contributed by atoms with Crippen molar-refractivity contribution in [1.82, 2.24) is 9.88 Å². The monoisotopic (exact) mass is 569 g/mol. The molecule has 40 heavy (non-hydrogen) atoms. The number of aromatic nitrogens is 1. The number of carbonyl (C=O) groups is 2. The van der Waals surface area contributed by atoms with Crippen molar-refractivity contribution in [2.24, 2.45) is 0 Å². The highest BCUT2D eigenvalue weighted by molar-refractivity contribution is 6.05. The number of methoxy groups -OCH3 is 1. The van der Waals surface area contributed by atoms with E-state index >= 15 is 8.78 Å². The Kier molecular flexibility index (Phi) is 8.07. The number of alkyl halides is 4. The highest BCUT2D eigenvalue weighted by Gasteiger charge is 2.46. The number of nitrogens with one attached hydrogen (secondary N) is 1. The Morgan fingerprint density at radius 2 is 1.70 bits per heavy atom. The molecule has 2 atom stereocenters. The quantitative estimate of drug-likeness (QED) is 0.416. The van der Waals surface area contributed by atoms with E-state index in [4.69, 9.17) is 4.74 Å². The molecule has 1 N–H and O–H groups in total. The van der Waals surface area contributed by atoms with Crippen LogP contribution in [-0.2, 0) is 11.3 Å². The van der Waals surface area contributed by atoms with Crippen LogP contribution < -0.4 is 25.2 Å². The molecule has 2 heterocycles. The summed E-state index contributed by atoms with van der Waals surface area (Å²) >= 11 is 0. The first-order valence-electron chi connectivity index (χ1n) is 11.7. The van der Waals surface area contributed by atoms with Gasteiger partial charge in [-0.3, -0.25) is 14.4 Å². The number of ether oxygens (including phenoxy) is 2. The van der Waals surface area contributed by atoms with Crippen LogP contribution in [0.4, 0.5) is 32.0 Å².